The molecule has 0 unspecified atom stereocenters. The molecule has 8 nitrogen and oxygen atoms in total. The second-order valence-electron chi connectivity index (χ2n) is 11.3. The number of piperazine rings is 1. The van der Waals surface area contributed by atoms with Crippen LogP contribution in [0.1, 0.15) is 69.1 Å². The van der Waals surface area contributed by atoms with E-state index in [1.165, 1.54) is 9.80 Å². The van der Waals surface area contributed by atoms with Crippen molar-refractivity contribution in [2.75, 3.05) is 0 Å². The lowest BCUT2D eigenvalue weighted by molar-refractivity contribution is -0.164. The van der Waals surface area contributed by atoms with Crippen molar-refractivity contribution in [3.05, 3.63) is 70.8 Å². The number of benzene rings is 2. The first-order valence-corrected chi connectivity index (χ1v) is 13.9. The molecular formula is C28H22N2O6S2. The predicted octanol–water partition coefficient (Wildman–Crippen LogP) is 3.00. The molecule has 10 heteroatoms. The molecule has 2 atom stereocenters. The van der Waals surface area contributed by atoms with E-state index >= 15 is 0 Å². The molecule has 2 aliphatic carbocycles. The Kier molecular flexibility index (Phi) is 4.29. The van der Waals surface area contributed by atoms with Gasteiger partial charge in [-0.05, 0) is 27.7 Å². The van der Waals surface area contributed by atoms with Gasteiger partial charge in [0.1, 0.15) is 12.1 Å². The summed E-state index contributed by atoms with van der Waals surface area (Å²) in [4.78, 5) is 83.3. The van der Waals surface area contributed by atoms with Crippen LogP contribution in [-0.2, 0) is 9.59 Å². The molecule has 0 saturated carbocycles. The largest absolute Gasteiger partial charge is 0.299 e. The molecule has 2 spiro atoms. The highest BCUT2D eigenvalue weighted by molar-refractivity contribution is 8.04. The van der Waals surface area contributed by atoms with Crippen LogP contribution >= 0.6 is 23.5 Å². The summed E-state index contributed by atoms with van der Waals surface area (Å²) in [5.74, 6) is -3.29. The van der Waals surface area contributed by atoms with Crippen molar-refractivity contribution in [3.8, 4) is 0 Å². The summed E-state index contributed by atoms with van der Waals surface area (Å²) in [6.07, 6.45) is 0. The number of hydrogen-bond acceptors (Lipinski definition) is 8. The average Bonchev–Trinajstić information content (AvgIpc) is 3.45. The van der Waals surface area contributed by atoms with Crippen molar-refractivity contribution >= 4 is 58.5 Å². The van der Waals surface area contributed by atoms with E-state index in [1.54, 1.807) is 76.2 Å². The normalized spacial score (nSPS) is 28.8. The zero-order valence-electron chi connectivity index (χ0n) is 20.9. The summed E-state index contributed by atoms with van der Waals surface area (Å²) in [5, 5.41) is 0. The van der Waals surface area contributed by atoms with Gasteiger partial charge in [0.2, 0.25) is 44.7 Å². The van der Waals surface area contributed by atoms with Gasteiger partial charge in [0, 0.05) is 31.7 Å². The highest BCUT2D eigenvalue weighted by Gasteiger charge is 2.79. The molecule has 2 amide bonds. The van der Waals surface area contributed by atoms with Crippen LogP contribution < -0.4 is 0 Å². The molecule has 0 aromatic heterocycles. The Hall–Kier alpha value is -3.24. The summed E-state index contributed by atoms with van der Waals surface area (Å²) in [7, 11) is 0. The Labute approximate surface area is 226 Å². The van der Waals surface area contributed by atoms with Crippen LogP contribution in [0.4, 0.5) is 0 Å². The Morgan fingerprint density at radius 2 is 0.789 bits per heavy atom. The first kappa shape index (κ1) is 23.8. The minimum Gasteiger partial charge on any atom is -0.299 e. The summed E-state index contributed by atoms with van der Waals surface area (Å²) in [6.45, 7) is 6.86. The van der Waals surface area contributed by atoms with Crippen LogP contribution in [-0.4, -0.2) is 76.1 Å². The molecule has 5 aliphatic rings. The van der Waals surface area contributed by atoms with Crippen LogP contribution in [0.2, 0.25) is 0 Å². The topological polar surface area (TPSA) is 109 Å². The molecule has 2 aromatic rings. The number of amides is 2. The van der Waals surface area contributed by atoms with E-state index in [0.29, 0.717) is 0 Å². The second kappa shape index (κ2) is 6.84. The third-order valence-electron chi connectivity index (χ3n) is 8.34. The lowest BCUT2D eigenvalue weighted by Crippen LogP contribution is -2.74. The van der Waals surface area contributed by atoms with Crippen LogP contribution in [0.15, 0.2) is 48.5 Å². The number of fused-ring (bicyclic) bond motifs is 6. The van der Waals surface area contributed by atoms with E-state index in [2.05, 4.69) is 0 Å². The molecule has 3 aliphatic heterocycles. The zero-order chi connectivity index (χ0) is 27.2. The van der Waals surface area contributed by atoms with E-state index in [-0.39, 0.29) is 22.3 Å². The zero-order valence-corrected chi connectivity index (χ0v) is 22.6. The van der Waals surface area contributed by atoms with Gasteiger partial charge in [0.05, 0.1) is 0 Å². The molecule has 0 bridgehead atoms. The van der Waals surface area contributed by atoms with Crippen molar-refractivity contribution in [3.63, 3.8) is 0 Å². The molecular weight excluding hydrogens is 524 g/mol. The average molecular weight is 547 g/mol. The van der Waals surface area contributed by atoms with Gasteiger partial charge in [-0.15, -0.1) is 23.5 Å². The van der Waals surface area contributed by atoms with Crippen molar-refractivity contribution in [1.29, 1.82) is 0 Å². The number of carbonyl (C=O) groups excluding carboxylic acids is 6. The number of ketones is 4. The highest BCUT2D eigenvalue weighted by atomic mass is 32.2. The molecule has 3 fully saturated rings. The lowest BCUT2D eigenvalue weighted by Gasteiger charge is -2.48. The molecule has 0 N–H and O–H groups in total. The Bertz CT molecular complexity index is 1410. The maximum Gasteiger partial charge on any atom is 0.249 e. The van der Waals surface area contributed by atoms with Crippen LogP contribution in [0.3, 0.4) is 0 Å². The third kappa shape index (κ3) is 2.34. The second-order valence-corrected chi connectivity index (χ2v) is 15.0. The predicted molar refractivity (Wildman–Crippen MR) is 140 cm³/mol. The molecule has 38 heavy (non-hydrogen) atoms. The number of Topliss-reactive ketones (excluding diaryl/α,β-unsaturated/α-hetero) is 4. The molecule has 0 radical (unpaired) electrons. The van der Waals surface area contributed by atoms with Gasteiger partial charge in [-0.2, -0.15) is 0 Å². The maximum atomic E-state index is 14.5. The quantitative estimate of drug-likeness (QED) is 0.464. The van der Waals surface area contributed by atoms with E-state index < -0.39 is 66.3 Å². The first-order chi connectivity index (χ1) is 17.8. The monoisotopic (exact) mass is 546 g/mol. The van der Waals surface area contributed by atoms with Crippen LogP contribution in [0.5, 0.6) is 0 Å². The van der Waals surface area contributed by atoms with Crippen molar-refractivity contribution in [2.45, 2.75) is 59.0 Å². The highest BCUT2D eigenvalue weighted by Crippen LogP contribution is 2.64. The summed E-state index contributed by atoms with van der Waals surface area (Å²) < 4.78 is -2.14. The van der Waals surface area contributed by atoms with Gasteiger partial charge in [-0.25, -0.2) is 0 Å². The van der Waals surface area contributed by atoms with Gasteiger partial charge in [-0.3, -0.25) is 38.6 Å². The minimum absolute atomic E-state index is 0.220. The first-order valence-electron chi connectivity index (χ1n) is 12.3. The summed E-state index contributed by atoms with van der Waals surface area (Å²) in [6, 6.07) is 10.4. The number of hydrogen-bond donors (Lipinski definition) is 0. The van der Waals surface area contributed by atoms with Gasteiger partial charge in [0.25, 0.3) is 0 Å². The summed E-state index contributed by atoms with van der Waals surface area (Å²) >= 11 is 2.01. The molecule has 7 rings (SSSR count). The molecule has 192 valence electrons. The third-order valence-corrected chi connectivity index (χ3v) is 11.6. The Balaban J connectivity index is 1.44. The molecule has 2 aromatic carbocycles. The van der Waals surface area contributed by atoms with Crippen molar-refractivity contribution in [1.82, 2.24) is 9.80 Å². The Morgan fingerprint density at radius 3 is 1.05 bits per heavy atom. The van der Waals surface area contributed by atoms with Crippen LogP contribution in [0, 0.1) is 0 Å². The fourth-order valence-corrected chi connectivity index (χ4v) is 10.5. The lowest BCUT2D eigenvalue weighted by atomic mass is 9.86. The summed E-state index contributed by atoms with van der Waals surface area (Å²) in [5.41, 5.74) is 0.879. The number of carbonyl (C=O) groups is 6. The maximum absolute atomic E-state index is 14.5. The van der Waals surface area contributed by atoms with Crippen molar-refractivity contribution in [2.24, 2.45) is 0 Å². The van der Waals surface area contributed by atoms with E-state index in [1.807, 2.05) is 0 Å². The fraction of sp³-hybridized carbons (Fsp3) is 0.357. The van der Waals surface area contributed by atoms with Gasteiger partial charge < -0.3 is 0 Å². The number of thioether (sulfide) groups is 2. The SMILES string of the molecule is CC1(C)SC2(C(=O)c3ccccc3C2=O)N2C(=O)[C@H]3N(C(=O)[C@H]21)C1(SC3(C)C)C(=O)c2ccccc2C1=O. The van der Waals surface area contributed by atoms with Crippen molar-refractivity contribution < 1.29 is 28.8 Å². The fourth-order valence-electron chi connectivity index (χ4n) is 6.92. The smallest absolute Gasteiger partial charge is 0.249 e. The number of nitrogens with zero attached hydrogens (tertiary/aromatic N) is 2. The van der Waals surface area contributed by atoms with Gasteiger partial charge in [0.15, 0.2) is 0 Å². The Morgan fingerprint density at radius 1 is 0.526 bits per heavy atom. The van der Waals surface area contributed by atoms with Gasteiger partial charge in [-0.1, -0.05) is 48.5 Å². The van der Waals surface area contributed by atoms with Crippen LogP contribution in [0.25, 0.3) is 0 Å². The van der Waals surface area contributed by atoms with Gasteiger partial charge >= 0.3 is 0 Å². The standard InChI is InChI=1S/C28H22N2O6S2/c1-25(2)17-23(35)30-18(26(3,4)38-28(30)21(33)15-11-7-8-12-16(15)22(28)34)24(36)29(17)27(37-25)19(31)13-9-5-6-10-14(13)20(27)32/h5-12,17-18H,1-4H3/t17-,18+. The molecule has 3 saturated heterocycles. The minimum atomic E-state index is -1.92. The number of rotatable bonds is 0. The molecule has 3 heterocycles. The van der Waals surface area contributed by atoms with E-state index in [4.69, 9.17) is 0 Å². The van der Waals surface area contributed by atoms with E-state index in [0.717, 1.165) is 23.5 Å². The van der Waals surface area contributed by atoms with E-state index in [9.17, 15) is 28.8 Å².